The molecule has 0 spiro atoms. The van der Waals surface area contributed by atoms with Crippen LogP contribution in [0.15, 0.2) is 47.6 Å². The quantitative estimate of drug-likeness (QED) is 0.666. The summed E-state index contributed by atoms with van der Waals surface area (Å²) >= 11 is 1.35. The Morgan fingerprint density at radius 2 is 1.86 bits per heavy atom. The minimum Gasteiger partial charge on any atom is -0.485 e. The zero-order chi connectivity index (χ0) is 19.7. The van der Waals surface area contributed by atoms with Crippen molar-refractivity contribution in [3.63, 3.8) is 0 Å². The third kappa shape index (κ3) is 3.42. The van der Waals surface area contributed by atoms with Gasteiger partial charge in [0.25, 0.3) is 5.91 Å². The molecular formula is C18H13F3N4O2S. The van der Waals surface area contributed by atoms with Crippen LogP contribution in [0.5, 0.6) is 5.75 Å². The third-order valence-electron chi connectivity index (χ3n) is 4.03. The Kier molecular flexibility index (Phi) is 4.95. The lowest BCUT2D eigenvalue weighted by Gasteiger charge is -2.29. The molecule has 0 fully saturated rings. The summed E-state index contributed by atoms with van der Waals surface area (Å²) in [5.74, 6) is -2.18. The van der Waals surface area contributed by atoms with Crippen molar-refractivity contribution in [1.82, 2.24) is 14.9 Å². The van der Waals surface area contributed by atoms with Gasteiger partial charge in [-0.1, -0.05) is 23.9 Å². The first-order valence-corrected chi connectivity index (χ1v) is 9.25. The van der Waals surface area contributed by atoms with Crippen LogP contribution in [0.1, 0.15) is 16.2 Å². The van der Waals surface area contributed by atoms with E-state index in [0.29, 0.717) is 10.9 Å². The van der Waals surface area contributed by atoms with Crippen LogP contribution in [0.4, 0.5) is 13.2 Å². The van der Waals surface area contributed by atoms with Crippen molar-refractivity contribution in [1.29, 1.82) is 0 Å². The molecule has 1 aliphatic heterocycles. The van der Waals surface area contributed by atoms with E-state index in [2.05, 4.69) is 10.2 Å². The number of amides is 1. The highest BCUT2D eigenvalue weighted by Gasteiger charge is 2.31. The third-order valence-corrected chi connectivity index (χ3v) is 4.93. The van der Waals surface area contributed by atoms with Crippen LogP contribution in [0, 0.1) is 17.5 Å². The van der Waals surface area contributed by atoms with Gasteiger partial charge in [-0.15, -0.1) is 10.2 Å². The number of aromatic nitrogens is 3. The van der Waals surface area contributed by atoms with Gasteiger partial charge in [0, 0.05) is 11.8 Å². The molecule has 0 aliphatic carbocycles. The molecule has 3 aromatic rings. The van der Waals surface area contributed by atoms with Gasteiger partial charge in [-0.2, -0.15) is 0 Å². The van der Waals surface area contributed by atoms with Gasteiger partial charge in [-0.25, -0.2) is 22.9 Å². The smallest absolute Gasteiger partial charge is 0.278 e. The highest BCUT2D eigenvalue weighted by atomic mass is 32.2. The zero-order valence-electron chi connectivity index (χ0n) is 14.3. The molecule has 0 N–H and O–H groups in total. The highest BCUT2D eigenvalue weighted by Crippen LogP contribution is 2.25. The Morgan fingerprint density at radius 3 is 2.61 bits per heavy atom. The molecule has 0 bridgehead atoms. The number of carbonyl (C=O) groups excluding carboxylic acids is 1. The highest BCUT2D eigenvalue weighted by molar-refractivity contribution is 7.99. The largest absolute Gasteiger partial charge is 0.485 e. The number of hydrogen-bond acceptors (Lipinski definition) is 5. The number of hydrogen-bond donors (Lipinski definition) is 0. The second-order valence-corrected chi connectivity index (χ2v) is 6.89. The van der Waals surface area contributed by atoms with Crippen LogP contribution in [-0.2, 0) is 6.61 Å². The summed E-state index contributed by atoms with van der Waals surface area (Å²) in [4.78, 5) is 12.8. The second-order valence-electron chi connectivity index (χ2n) is 5.83. The molecule has 1 amide bonds. The first kappa shape index (κ1) is 18.4. The molecule has 10 heteroatoms. The summed E-state index contributed by atoms with van der Waals surface area (Å²) in [6.07, 6.45) is 0. The maximum Gasteiger partial charge on any atom is 0.278 e. The number of carbonyl (C=O) groups is 1. The molecule has 0 unspecified atom stereocenters. The monoisotopic (exact) mass is 406 g/mol. The summed E-state index contributed by atoms with van der Waals surface area (Å²) in [5, 5.41) is 9.57. The van der Waals surface area contributed by atoms with E-state index in [0.717, 1.165) is 12.1 Å². The Hall–Kier alpha value is -3.01. The van der Waals surface area contributed by atoms with Crippen molar-refractivity contribution in [2.45, 2.75) is 11.8 Å². The van der Waals surface area contributed by atoms with Gasteiger partial charge in [0.15, 0.2) is 5.82 Å². The Labute approximate surface area is 161 Å². The summed E-state index contributed by atoms with van der Waals surface area (Å²) in [6.45, 7) is 0.0931. The van der Waals surface area contributed by atoms with Crippen molar-refractivity contribution in [2.24, 2.45) is 0 Å². The van der Waals surface area contributed by atoms with Crippen LogP contribution in [0.3, 0.4) is 0 Å². The molecule has 0 saturated carbocycles. The number of ether oxygens (including phenoxy) is 1. The van der Waals surface area contributed by atoms with Crippen LogP contribution in [0.25, 0.3) is 0 Å². The second kappa shape index (κ2) is 7.55. The Bertz CT molecular complexity index is 1020. The van der Waals surface area contributed by atoms with Crippen molar-refractivity contribution in [2.75, 3.05) is 17.3 Å². The average Bonchev–Trinajstić information content (AvgIpc) is 3.09. The van der Waals surface area contributed by atoms with Crippen molar-refractivity contribution < 1.29 is 22.7 Å². The molecule has 1 aliphatic rings. The van der Waals surface area contributed by atoms with E-state index in [1.807, 2.05) is 0 Å². The van der Waals surface area contributed by atoms with Crippen molar-refractivity contribution in [3.05, 3.63) is 71.3 Å². The van der Waals surface area contributed by atoms with Crippen LogP contribution in [0.2, 0.25) is 0 Å². The zero-order valence-corrected chi connectivity index (χ0v) is 15.1. The van der Waals surface area contributed by atoms with Gasteiger partial charge in [-0.05, 0) is 24.3 Å². The lowest BCUT2D eigenvalue weighted by Crippen LogP contribution is -2.46. The average molecular weight is 406 g/mol. The van der Waals surface area contributed by atoms with Crippen LogP contribution < -0.4 is 9.75 Å². The van der Waals surface area contributed by atoms with Gasteiger partial charge in [0.2, 0.25) is 5.16 Å². The molecule has 0 saturated heterocycles. The predicted octanol–water partition coefficient (Wildman–Crippen LogP) is 3.16. The Balaban J connectivity index is 1.64. The fourth-order valence-corrected chi connectivity index (χ4v) is 3.64. The first-order chi connectivity index (χ1) is 13.5. The molecule has 28 heavy (non-hydrogen) atoms. The van der Waals surface area contributed by atoms with E-state index >= 15 is 0 Å². The number of rotatable bonds is 4. The number of nitrogens with zero attached hydrogens (tertiary/aromatic N) is 4. The van der Waals surface area contributed by atoms with E-state index in [4.69, 9.17) is 4.74 Å². The number of fused-ring (bicyclic) bond motifs is 1. The van der Waals surface area contributed by atoms with E-state index in [-0.39, 0.29) is 24.7 Å². The molecule has 4 rings (SSSR count). The normalized spacial score (nSPS) is 13.3. The summed E-state index contributed by atoms with van der Waals surface area (Å²) < 4.78 is 48.3. The number of thioether (sulfide) groups is 1. The van der Waals surface area contributed by atoms with E-state index in [1.54, 1.807) is 6.07 Å². The molecule has 144 valence electrons. The number of halogens is 3. The molecule has 2 aromatic carbocycles. The van der Waals surface area contributed by atoms with E-state index < -0.39 is 28.9 Å². The summed E-state index contributed by atoms with van der Waals surface area (Å²) in [7, 11) is 0. The predicted molar refractivity (Wildman–Crippen MR) is 95.3 cm³/mol. The van der Waals surface area contributed by atoms with E-state index in [9.17, 15) is 18.0 Å². The molecule has 1 aromatic heterocycles. The summed E-state index contributed by atoms with van der Waals surface area (Å²) in [5.41, 5.74) is -0.647. The minimum atomic E-state index is -0.949. The van der Waals surface area contributed by atoms with Crippen LogP contribution in [-0.4, -0.2) is 33.1 Å². The lowest BCUT2D eigenvalue weighted by atomic mass is 10.2. The minimum absolute atomic E-state index is 0.111. The molecule has 6 nitrogen and oxygen atoms in total. The van der Waals surface area contributed by atoms with E-state index in [1.165, 1.54) is 45.7 Å². The standard InChI is InChI=1S/C18H13F3N4O2S/c19-11-3-1-4-12(9-11)27-10-15-22-23-18-25(15)24(7-8-28-18)17(26)16-13(20)5-2-6-14(16)21/h1-6,9H,7-8,10H2. The molecule has 0 radical (unpaired) electrons. The maximum absolute atomic E-state index is 14.1. The SMILES string of the molecule is O=C(c1c(F)cccc1F)N1CCSc2nnc(COc3cccc(F)c3)n21. The van der Waals surface area contributed by atoms with Gasteiger partial charge in [-0.3, -0.25) is 4.79 Å². The first-order valence-electron chi connectivity index (χ1n) is 8.26. The van der Waals surface area contributed by atoms with Gasteiger partial charge < -0.3 is 4.74 Å². The molecular weight excluding hydrogens is 393 g/mol. The number of benzene rings is 2. The fraction of sp³-hybridized carbons (Fsp3) is 0.167. The van der Waals surface area contributed by atoms with Gasteiger partial charge in [0.1, 0.15) is 35.4 Å². The van der Waals surface area contributed by atoms with Crippen molar-refractivity contribution in [3.8, 4) is 5.75 Å². The van der Waals surface area contributed by atoms with Crippen LogP contribution >= 0.6 is 11.8 Å². The van der Waals surface area contributed by atoms with Gasteiger partial charge >= 0.3 is 0 Å². The fourth-order valence-electron chi connectivity index (χ4n) is 2.77. The summed E-state index contributed by atoms with van der Waals surface area (Å²) in [6, 6.07) is 8.80. The lowest BCUT2D eigenvalue weighted by molar-refractivity contribution is 0.0944. The Morgan fingerprint density at radius 1 is 1.11 bits per heavy atom. The van der Waals surface area contributed by atoms with Gasteiger partial charge in [0.05, 0.1) is 6.54 Å². The molecule has 0 atom stereocenters. The van der Waals surface area contributed by atoms with Crippen molar-refractivity contribution >= 4 is 17.7 Å². The molecule has 2 heterocycles. The topological polar surface area (TPSA) is 60.3 Å². The maximum atomic E-state index is 14.1.